The second kappa shape index (κ2) is 5.34. The molecule has 0 aromatic heterocycles. The molecule has 0 bridgehead atoms. The molecule has 0 aliphatic carbocycles. The summed E-state index contributed by atoms with van der Waals surface area (Å²) in [5, 5.41) is 3.47. The molecule has 0 fully saturated rings. The third kappa shape index (κ3) is 2.45. The van der Waals surface area contributed by atoms with Crippen molar-refractivity contribution < 1.29 is 4.74 Å². The van der Waals surface area contributed by atoms with Gasteiger partial charge in [0.1, 0.15) is 6.23 Å². The van der Waals surface area contributed by atoms with E-state index in [9.17, 15) is 0 Å². The van der Waals surface area contributed by atoms with Crippen LogP contribution >= 0.6 is 0 Å². The van der Waals surface area contributed by atoms with Gasteiger partial charge in [0.05, 0.1) is 6.61 Å². The normalized spacial score (nSPS) is 18.3. The van der Waals surface area contributed by atoms with E-state index in [1.165, 1.54) is 16.7 Å². The quantitative estimate of drug-likeness (QED) is 0.889. The number of benzene rings is 2. The van der Waals surface area contributed by atoms with Crippen molar-refractivity contribution in [1.82, 2.24) is 5.32 Å². The third-order valence-electron chi connectivity index (χ3n) is 3.33. The fourth-order valence-corrected chi connectivity index (χ4v) is 2.37. The minimum atomic E-state index is 0.0233. The lowest BCUT2D eigenvalue weighted by Crippen LogP contribution is -2.28. The molecule has 1 aliphatic rings. The molecule has 1 unspecified atom stereocenters. The first-order valence-corrected chi connectivity index (χ1v) is 6.40. The van der Waals surface area contributed by atoms with Crippen molar-refractivity contribution in [1.29, 1.82) is 0 Å². The lowest BCUT2D eigenvalue weighted by molar-refractivity contribution is 0.0172. The van der Waals surface area contributed by atoms with E-state index < -0.39 is 0 Å². The van der Waals surface area contributed by atoms with Crippen LogP contribution in [-0.2, 0) is 17.7 Å². The molecule has 2 aromatic carbocycles. The van der Waals surface area contributed by atoms with Crippen LogP contribution in [0.3, 0.4) is 0 Å². The molecule has 1 atom stereocenters. The standard InChI is InChI=1S/C16H17NO/c1-2-6-13(7-3-1)12-17-16-15-9-5-4-8-14(15)10-11-18-16/h1-9,16-17H,10-12H2. The van der Waals surface area contributed by atoms with Crippen LogP contribution in [0.4, 0.5) is 0 Å². The van der Waals surface area contributed by atoms with E-state index >= 15 is 0 Å². The summed E-state index contributed by atoms with van der Waals surface area (Å²) in [5.74, 6) is 0. The average Bonchev–Trinajstić information content (AvgIpc) is 2.46. The first-order valence-electron chi connectivity index (χ1n) is 6.40. The summed E-state index contributed by atoms with van der Waals surface area (Å²) in [5.41, 5.74) is 3.96. The number of rotatable bonds is 3. The molecule has 2 heteroatoms. The summed E-state index contributed by atoms with van der Waals surface area (Å²) in [6.45, 7) is 1.63. The van der Waals surface area contributed by atoms with Crippen molar-refractivity contribution in [3.63, 3.8) is 0 Å². The third-order valence-corrected chi connectivity index (χ3v) is 3.33. The Labute approximate surface area is 108 Å². The summed E-state index contributed by atoms with van der Waals surface area (Å²) in [7, 11) is 0. The van der Waals surface area contributed by atoms with Gasteiger partial charge in [0.25, 0.3) is 0 Å². The highest BCUT2D eigenvalue weighted by Crippen LogP contribution is 2.24. The molecule has 0 spiro atoms. The van der Waals surface area contributed by atoms with Crippen LogP contribution in [0.15, 0.2) is 54.6 Å². The van der Waals surface area contributed by atoms with Crippen molar-refractivity contribution in [3.05, 3.63) is 71.3 Å². The summed E-state index contributed by atoms with van der Waals surface area (Å²) < 4.78 is 5.82. The van der Waals surface area contributed by atoms with E-state index in [0.717, 1.165) is 19.6 Å². The van der Waals surface area contributed by atoms with E-state index in [0.29, 0.717) is 0 Å². The average molecular weight is 239 g/mol. The Morgan fingerprint density at radius 1 is 1.00 bits per heavy atom. The number of fused-ring (bicyclic) bond motifs is 1. The van der Waals surface area contributed by atoms with Gasteiger partial charge in [0.2, 0.25) is 0 Å². The molecule has 2 nitrogen and oxygen atoms in total. The van der Waals surface area contributed by atoms with E-state index in [1.807, 2.05) is 6.07 Å². The van der Waals surface area contributed by atoms with Crippen molar-refractivity contribution in [2.24, 2.45) is 0 Å². The van der Waals surface area contributed by atoms with Gasteiger partial charge in [-0.25, -0.2) is 0 Å². The maximum atomic E-state index is 5.82. The van der Waals surface area contributed by atoms with Crippen LogP contribution in [0, 0.1) is 0 Å². The predicted octanol–water partition coefficient (Wildman–Crippen LogP) is 3.05. The molecule has 0 saturated heterocycles. The fourth-order valence-electron chi connectivity index (χ4n) is 2.37. The Morgan fingerprint density at radius 2 is 1.78 bits per heavy atom. The Balaban J connectivity index is 1.71. The molecular formula is C16H17NO. The van der Waals surface area contributed by atoms with Gasteiger partial charge in [-0.3, -0.25) is 5.32 Å². The van der Waals surface area contributed by atoms with Gasteiger partial charge in [-0.05, 0) is 23.1 Å². The smallest absolute Gasteiger partial charge is 0.134 e. The highest BCUT2D eigenvalue weighted by atomic mass is 16.5. The molecule has 3 rings (SSSR count). The van der Waals surface area contributed by atoms with E-state index in [1.54, 1.807) is 0 Å². The molecule has 0 radical (unpaired) electrons. The van der Waals surface area contributed by atoms with E-state index in [4.69, 9.17) is 4.74 Å². The topological polar surface area (TPSA) is 21.3 Å². The predicted molar refractivity (Wildman–Crippen MR) is 72.1 cm³/mol. The van der Waals surface area contributed by atoms with Crippen LogP contribution in [0.25, 0.3) is 0 Å². The molecular weight excluding hydrogens is 222 g/mol. The lowest BCUT2D eigenvalue weighted by atomic mass is 10.0. The highest BCUT2D eigenvalue weighted by Gasteiger charge is 2.19. The second-order valence-electron chi connectivity index (χ2n) is 4.57. The fraction of sp³-hybridized carbons (Fsp3) is 0.250. The zero-order valence-corrected chi connectivity index (χ0v) is 10.3. The Bertz CT molecular complexity index is 510. The van der Waals surface area contributed by atoms with E-state index in [2.05, 4.69) is 53.8 Å². The van der Waals surface area contributed by atoms with Crippen LogP contribution < -0.4 is 5.32 Å². The molecule has 1 N–H and O–H groups in total. The molecule has 18 heavy (non-hydrogen) atoms. The molecule has 2 aromatic rings. The number of nitrogens with one attached hydrogen (secondary N) is 1. The van der Waals surface area contributed by atoms with Crippen molar-refractivity contribution in [3.8, 4) is 0 Å². The van der Waals surface area contributed by atoms with E-state index in [-0.39, 0.29) is 6.23 Å². The van der Waals surface area contributed by atoms with Gasteiger partial charge in [-0.2, -0.15) is 0 Å². The Hall–Kier alpha value is -1.64. The molecule has 92 valence electrons. The van der Waals surface area contributed by atoms with Crippen LogP contribution in [0.1, 0.15) is 22.9 Å². The SMILES string of the molecule is c1ccc(CNC2OCCc3ccccc32)cc1. The first kappa shape index (κ1) is 11.5. The molecule has 0 amide bonds. The van der Waals surface area contributed by atoms with Gasteiger partial charge >= 0.3 is 0 Å². The largest absolute Gasteiger partial charge is 0.359 e. The summed E-state index contributed by atoms with van der Waals surface area (Å²) in [6, 6.07) is 18.9. The summed E-state index contributed by atoms with van der Waals surface area (Å²) in [6.07, 6.45) is 1.04. The molecule has 1 aliphatic heterocycles. The summed E-state index contributed by atoms with van der Waals surface area (Å²) >= 11 is 0. The van der Waals surface area contributed by atoms with Crippen molar-refractivity contribution in [2.75, 3.05) is 6.61 Å². The molecule has 1 heterocycles. The Kier molecular flexibility index (Phi) is 3.40. The van der Waals surface area contributed by atoms with Gasteiger partial charge in [0, 0.05) is 6.54 Å². The zero-order chi connectivity index (χ0) is 12.2. The number of hydrogen-bond donors (Lipinski definition) is 1. The Morgan fingerprint density at radius 3 is 2.67 bits per heavy atom. The minimum Gasteiger partial charge on any atom is -0.359 e. The highest BCUT2D eigenvalue weighted by molar-refractivity contribution is 5.30. The lowest BCUT2D eigenvalue weighted by Gasteiger charge is -2.26. The van der Waals surface area contributed by atoms with Crippen molar-refractivity contribution >= 4 is 0 Å². The van der Waals surface area contributed by atoms with Gasteiger partial charge in [-0.1, -0.05) is 54.6 Å². The second-order valence-corrected chi connectivity index (χ2v) is 4.57. The first-order chi connectivity index (χ1) is 8.93. The van der Waals surface area contributed by atoms with Gasteiger partial charge in [-0.15, -0.1) is 0 Å². The van der Waals surface area contributed by atoms with Crippen LogP contribution in [0.2, 0.25) is 0 Å². The maximum absolute atomic E-state index is 5.82. The minimum absolute atomic E-state index is 0.0233. The van der Waals surface area contributed by atoms with Gasteiger partial charge in [0.15, 0.2) is 0 Å². The summed E-state index contributed by atoms with van der Waals surface area (Å²) in [4.78, 5) is 0. The number of hydrogen-bond acceptors (Lipinski definition) is 2. The molecule has 0 saturated carbocycles. The van der Waals surface area contributed by atoms with Crippen LogP contribution in [0.5, 0.6) is 0 Å². The monoisotopic (exact) mass is 239 g/mol. The van der Waals surface area contributed by atoms with Crippen molar-refractivity contribution in [2.45, 2.75) is 19.2 Å². The van der Waals surface area contributed by atoms with Gasteiger partial charge < -0.3 is 4.74 Å². The number of ether oxygens (including phenoxy) is 1. The van der Waals surface area contributed by atoms with Crippen LogP contribution in [-0.4, -0.2) is 6.61 Å². The zero-order valence-electron chi connectivity index (χ0n) is 10.3. The maximum Gasteiger partial charge on any atom is 0.134 e.